The third-order valence-corrected chi connectivity index (χ3v) is 6.06. The van der Waals surface area contributed by atoms with Crippen LogP contribution in [-0.2, 0) is 14.8 Å². The molecule has 0 bridgehead atoms. The molecule has 0 aliphatic carbocycles. The second-order valence-corrected chi connectivity index (χ2v) is 8.20. The first-order valence-electron chi connectivity index (χ1n) is 8.37. The van der Waals surface area contributed by atoms with Gasteiger partial charge in [0.1, 0.15) is 5.75 Å². The Hall–Kier alpha value is -1.60. The average molecular weight is 354 g/mol. The molecule has 0 spiro atoms. The molecule has 24 heavy (non-hydrogen) atoms. The highest BCUT2D eigenvalue weighted by molar-refractivity contribution is 7.89. The lowest BCUT2D eigenvalue weighted by Gasteiger charge is -2.33. The van der Waals surface area contributed by atoms with E-state index in [0.29, 0.717) is 45.6 Å². The number of carbonyl (C=O) groups is 1. The fraction of sp³-hybridized carbons (Fsp3) is 0.588. The minimum atomic E-state index is -3.15. The maximum atomic E-state index is 12.2. The molecule has 0 N–H and O–H groups in total. The Balaban J connectivity index is 1.67. The van der Waals surface area contributed by atoms with Gasteiger partial charge in [0.05, 0.1) is 12.4 Å². The van der Waals surface area contributed by atoms with Crippen LogP contribution < -0.4 is 4.74 Å². The van der Waals surface area contributed by atoms with Gasteiger partial charge < -0.3 is 9.64 Å². The number of hydrogen-bond donors (Lipinski definition) is 0. The Labute approximate surface area is 144 Å². The molecule has 1 saturated heterocycles. The molecule has 0 saturated carbocycles. The molecule has 0 radical (unpaired) electrons. The van der Waals surface area contributed by atoms with Crippen LogP contribution in [0.3, 0.4) is 0 Å². The molecule has 1 heterocycles. The third-order valence-electron chi connectivity index (χ3n) is 4.17. The highest BCUT2D eigenvalue weighted by Gasteiger charge is 2.27. The number of nitrogens with zero attached hydrogens (tertiary/aromatic N) is 2. The van der Waals surface area contributed by atoms with Crippen molar-refractivity contribution in [3.63, 3.8) is 0 Å². The number of sulfonamides is 1. The Bertz CT molecular complexity index is 635. The van der Waals surface area contributed by atoms with E-state index in [1.165, 1.54) is 9.87 Å². The normalized spacial score (nSPS) is 16.2. The molecule has 0 atom stereocenters. The number of hydrogen-bond acceptors (Lipinski definition) is 4. The van der Waals surface area contributed by atoms with E-state index in [2.05, 4.69) is 0 Å². The van der Waals surface area contributed by atoms with Crippen LogP contribution in [0.1, 0.15) is 25.3 Å². The fourth-order valence-electron chi connectivity index (χ4n) is 2.60. The second-order valence-electron chi connectivity index (χ2n) is 5.95. The molecule has 1 amide bonds. The van der Waals surface area contributed by atoms with Crippen LogP contribution in [0, 0.1) is 6.92 Å². The predicted molar refractivity (Wildman–Crippen MR) is 93.5 cm³/mol. The Morgan fingerprint density at radius 2 is 1.75 bits per heavy atom. The molecular weight excluding hydrogens is 328 g/mol. The zero-order valence-corrected chi connectivity index (χ0v) is 15.2. The van der Waals surface area contributed by atoms with Gasteiger partial charge in [0.2, 0.25) is 15.9 Å². The smallest absolute Gasteiger partial charge is 0.222 e. The summed E-state index contributed by atoms with van der Waals surface area (Å²) in [4.78, 5) is 13.9. The summed E-state index contributed by atoms with van der Waals surface area (Å²) in [7, 11) is -3.15. The molecule has 6 nitrogen and oxygen atoms in total. The first-order chi connectivity index (χ1) is 11.4. The lowest BCUT2D eigenvalue weighted by Crippen LogP contribution is -2.50. The van der Waals surface area contributed by atoms with Gasteiger partial charge in [-0.05, 0) is 32.4 Å². The minimum absolute atomic E-state index is 0.0658. The van der Waals surface area contributed by atoms with E-state index >= 15 is 0 Å². The van der Waals surface area contributed by atoms with Crippen LogP contribution >= 0.6 is 0 Å². The maximum absolute atomic E-state index is 12.2. The van der Waals surface area contributed by atoms with E-state index in [1.54, 1.807) is 11.8 Å². The van der Waals surface area contributed by atoms with Crippen molar-refractivity contribution in [1.82, 2.24) is 9.21 Å². The van der Waals surface area contributed by atoms with Crippen molar-refractivity contribution in [3.05, 3.63) is 29.8 Å². The van der Waals surface area contributed by atoms with Crippen molar-refractivity contribution >= 4 is 15.9 Å². The standard InChI is InChI=1S/C17H26N2O4S/c1-3-24(21,22)19-12-10-18(11-13-19)17(20)5-4-14-23-16-8-6-15(2)7-9-16/h6-9H,3-5,10-14H2,1-2H3. The molecular formula is C17H26N2O4S. The van der Waals surface area contributed by atoms with E-state index < -0.39 is 10.0 Å². The second kappa shape index (κ2) is 8.48. The topological polar surface area (TPSA) is 66.9 Å². The summed E-state index contributed by atoms with van der Waals surface area (Å²) >= 11 is 0. The van der Waals surface area contributed by atoms with Crippen LogP contribution in [0.4, 0.5) is 0 Å². The zero-order chi connectivity index (χ0) is 17.6. The Kier molecular flexibility index (Phi) is 6.62. The number of rotatable bonds is 7. The lowest BCUT2D eigenvalue weighted by molar-refractivity contribution is -0.132. The van der Waals surface area contributed by atoms with Gasteiger partial charge in [0.25, 0.3) is 0 Å². The van der Waals surface area contributed by atoms with Gasteiger partial charge in [0.15, 0.2) is 0 Å². The first kappa shape index (κ1) is 18.7. The van der Waals surface area contributed by atoms with E-state index in [-0.39, 0.29) is 11.7 Å². The molecule has 0 unspecified atom stereocenters. The molecule has 1 aromatic carbocycles. The minimum Gasteiger partial charge on any atom is -0.494 e. The monoisotopic (exact) mass is 354 g/mol. The Morgan fingerprint density at radius 1 is 1.12 bits per heavy atom. The van der Waals surface area contributed by atoms with Crippen molar-refractivity contribution in [2.45, 2.75) is 26.7 Å². The molecule has 1 fully saturated rings. The first-order valence-corrected chi connectivity index (χ1v) is 9.98. The van der Waals surface area contributed by atoms with Crippen molar-refractivity contribution in [2.24, 2.45) is 0 Å². The largest absolute Gasteiger partial charge is 0.494 e. The number of piperazine rings is 1. The van der Waals surface area contributed by atoms with E-state index in [9.17, 15) is 13.2 Å². The summed E-state index contributed by atoms with van der Waals surface area (Å²) in [6.07, 6.45) is 1.08. The van der Waals surface area contributed by atoms with Crippen LogP contribution in [-0.4, -0.2) is 62.1 Å². The van der Waals surface area contributed by atoms with Crippen LogP contribution in [0.25, 0.3) is 0 Å². The van der Waals surface area contributed by atoms with E-state index in [1.807, 2.05) is 31.2 Å². The number of amides is 1. The van der Waals surface area contributed by atoms with Gasteiger partial charge >= 0.3 is 0 Å². The number of aryl methyl sites for hydroxylation is 1. The predicted octanol–water partition coefficient (Wildman–Crippen LogP) is 1.65. The van der Waals surface area contributed by atoms with Gasteiger partial charge in [-0.25, -0.2) is 8.42 Å². The number of benzene rings is 1. The maximum Gasteiger partial charge on any atom is 0.222 e. The van der Waals surface area contributed by atoms with Gasteiger partial charge in [-0.15, -0.1) is 0 Å². The van der Waals surface area contributed by atoms with Gasteiger partial charge in [-0.1, -0.05) is 17.7 Å². The zero-order valence-electron chi connectivity index (χ0n) is 14.4. The summed E-state index contributed by atoms with van der Waals surface area (Å²) < 4.78 is 30.7. The van der Waals surface area contributed by atoms with E-state index in [0.717, 1.165) is 5.75 Å². The van der Waals surface area contributed by atoms with Crippen molar-refractivity contribution < 1.29 is 17.9 Å². The van der Waals surface area contributed by atoms with Gasteiger partial charge in [-0.2, -0.15) is 4.31 Å². The van der Waals surface area contributed by atoms with Crippen molar-refractivity contribution in [2.75, 3.05) is 38.5 Å². The highest BCUT2D eigenvalue weighted by Crippen LogP contribution is 2.13. The molecule has 2 rings (SSSR count). The molecule has 1 aliphatic heterocycles. The summed E-state index contributed by atoms with van der Waals surface area (Å²) in [6.45, 7) is 5.88. The quantitative estimate of drug-likeness (QED) is 0.698. The third kappa shape index (κ3) is 5.21. The fourth-order valence-corrected chi connectivity index (χ4v) is 3.69. The van der Waals surface area contributed by atoms with E-state index in [4.69, 9.17) is 4.74 Å². The number of carbonyl (C=O) groups excluding carboxylic acids is 1. The lowest BCUT2D eigenvalue weighted by atomic mass is 10.2. The van der Waals surface area contributed by atoms with Crippen LogP contribution in [0.2, 0.25) is 0 Å². The summed E-state index contributed by atoms with van der Waals surface area (Å²) in [5.74, 6) is 0.986. The van der Waals surface area contributed by atoms with Crippen LogP contribution in [0.15, 0.2) is 24.3 Å². The SMILES string of the molecule is CCS(=O)(=O)N1CCN(C(=O)CCCOc2ccc(C)cc2)CC1. The van der Waals surface area contributed by atoms with Gasteiger partial charge in [0, 0.05) is 32.6 Å². The molecule has 1 aliphatic rings. The molecule has 134 valence electrons. The van der Waals surface area contributed by atoms with Crippen LogP contribution in [0.5, 0.6) is 5.75 Å². The summed E-state index contributed by atoms with van der Waals surface area (Å²) in [5, 5.41) is 0. The highest BCUT2D eigenvalue weighted by atomic mass is 32.2. The van der Waals surface area contributed by atoms with Crippen molar-refractivity contribution in [3.8, 4) is 5.75 Å². The molecule has 1 aromatic rings. The summed E-state index contributed by atoms with van der Waals surface area (Å²) in [5.41, 5.74) is 1.18. The Morgan fingerprint density at radius 3 is 2.33 bits per heavy atom. The number of ether oxygens (including phenoxy) is 1. The average Bonchev–Trinajstić information content (AvgIpc) is 2.60. The molecule has 0 aromatic heterocycles. The molecule has 7 heteroatoms. The van der Waals surface area contributed by atoms with Gasteiger partial charge in [-0.3, -0.25) is 4.79 Å². The van der Waals surface area contributed by atoms with Crippen molar-refractivity contribution in [1.29, 1.82) is 0 Å². The summed E-state index contributed by atoms with van der Waals surface area (Å²) in [6, 6.07) is 7.82.